The van der Waals surface area contributed by atoms with E-state index >= 15 is 0 Å². The number of aliphatic hydroxyl groups is 1. The molecule has 4 aromatic rings. The molecule has 13 heteroatoms. The number of carbonyl (C=O) groups is 1. The van der Waals surface area contributed by atoms with Gasteiger partial charge in [0, 0.05) is 23.9 Å². The molecular formula is C24H22F4N6O3. The smallest absolute Gasteiger partial charge is 0.387 e. The van der Waals surface area contributed by atoms with Crippen molar-refractivity contribution in [1.29, 1.82) is 0 Å². The molecule has 0 aliphatic rings. The highest BCUT2D eigenvalue weighted by atomic mass is 19.4. The van der Waals surface area contributed by atoms with Crippen molar-refractivity contribution < 1.29 is 32.2 Å². The van der Waals surface area contributed by atoms with Gasteiger partial charge in [-0.2, -0.15) is 18.3 Å². The summed E-state index contributed by atoms with van der Waals surface area (Å²) >= 11 is 0. The quantitative estimate of drug-likeness (QED) is 0.267. The average Bonchev–Trinajstić information content (AvgIpc) is 3.16. The van der Waals surface area contributed by atoms with Crippen molar-refractivity contribution in [2.45, 2.75) is 25.8 Å². The molecule has 9 nitrogen and oxygen atoms in total. The van der Waals surface area contributed by atoms with Crippen LogP contribution in [-0.4, -0.2) is 32.8 Å². The molecule has 4 rings (SSSR count). The molecule has 2 aromatic heterocycles. The fourth-order valence-corrected chi connectivity index (χ4v) is 4.02. The van der Waals surface area contributed by atoms with Crippen LogP contribution >= 0.6 is 0 Å². The Bertz CT molecular complexity index is 1450. The number of benzene rings is 2. The summed E-state index contributed by atoms with van der Waals surface area (Å²) in [4.78, 5) is 16.4. The van der Waals surface area contributed by atoms with E-state index in [1.165, 1.54) is 18.0 Å². The molecule has 0 radical (unpaired) electrons. The molecule has 1 atom stereocenters. The lowest BCUT2D eigenvalue weighted by Crippen LogP contribution is -2.20. The van der Waals surface area contributed by atoms with Gasteiger partial charge in [0.15, 0.2) is 5.82 Å². The van der Waals surface area contributed by atoms with Gasteiger partial charge in [-0.1, -0.05) is 12.1 Å². The van der Waals surface area contributed by atoms with Crippen LogP contribution in [0.1, 0.15) is 29.8 Å². The number of rotatable bonds is 6. The number of carbonyl (C=O) groups excluding carboxylic acids is 1. The van der Waals surface area contributed by atoms with Crippen molar-refractivity contribution in [3.63, 3.8) is 0 Å². The van der Waals surface area contributed by atoms with Gasteiger partial charge in [-0.15, -0.1) is 0 Å². The van der Waals surface area contributed by atoms with E-state index in [2.05, 4.69) is 20.7 Å². The molecule has 0 spiro atoms. The van der Waals surface area contributed by atoms with E-state index in [1.54, 1.807) is 31.2 Å². The number of ether oxygens (including phenoxy) is 1. The second-order valence-corrected chi connectivity index (χ2v) is 8.10. The van der Waals surface area contributed by atoms with Gasteiger partial charge in [0.1, 0.15) is 17.7 Å². The second-order valence-electron chi connectivity index (χ2n) is 8.10. The molecule has 5 N–H and O–H groups in total. The van der Waals surface area contributed by atoms with Crippen molar-refractivity contribution in [2.24, 2.45) is 0 Å². The van der Waals surface area contributed by atoms with Crippen LogP contribution in [0.5, 0.6) is 0 Å². The molecule has 0 aliphatic heterocycles. The molecular weight excluding hydrogens is 496 g/mol. The topological polar surface area (TPSA) is 127 Å². The monoisotopic (exact) mass is 518 g/mol. The minimum absolute atomic E-state index is 0.142. The molecule has 2 aromatic carbocycles. The highest BCUT2D eigenvalue weighted by Gasteiger charge is 2.31. The van der Waals surface area contributed by atoms with Crippen molar-refractivity contribution in [3.05, 3.63) is 71.4 Å². The van der Waals surface area contributed by atoms with Gasteiger partial charge in [0.25, 0.3) is 0 Å². The molecule has 2 amide bonds. The van der Waals surface area contributed by atoms with Crippen molar-refractivity contribution in [2.75, 3.05) is 23.5 Å². The lowest BCUT2D eigenvalue weighted by Gasteiger charge is -2.12. The van der Waals surface area contributed by atoms with Gasteiger partial charge in [-0.3, -0.25) is 0 Å². The van der Waals surface area contributed by atoms with Gasteiger partial charge < -0.3 is 26.2 Å². The number of hydrogen-bond donors (Lipinski definition) is 4. The van der Waals surface area contributed by atoms with Gasteiger partial charge in [0.2, 0.25) is 0 Å². The number of amides is 2. The third-order valence-corrected chi connectivity index (χ3v) is 5.55. The summed E-state index contributed by atoms with van der Waals surface area (Å²) in [6.07, 6.45) is -4.32. The first-order valence-electron chi connectivity index (χ1n) is 10.9. The molecule has 0 fully saturated rings. The Labute approximate surface area is 207 Å². The highest BCUT2D eigenvalue weighted by molar-refractivity contribution is 6.00. The summed E-state index contributed by atoms with van der Waals surface area (Å²) in [6.45, 7) is 1.73. The third-order valence-electron chi connectivity index (χ3n) is 5.55. The molecule has 2 heterocycles. The fraction of sp³-hybridized carbons (Fsp3) is 0.208. The van der Waals surface area contributed by atoms with Gasteiger partial charge in [0.05, 0.1) is 29.7 Å². The van der Waals surface area contributed by atoms with Crippen LogP contribution in [0.15, 0.2) is 48.8 Å². The van der Waals surface area contributed by atoms with Crippen LogP contribution in [0, 0.1) is 5.82 Å². The van der Waals surface area contributed by atoms with E-state index in [0.29, 0.717) is 46.1 Å². The van der Waals surface area contributed by atoms with E-state index in [9.17, 15) is 27.5 Å². The number of urea groups is 1. The number of nitrogens with zero attached hydrogens (tertiary/aromatic N) is 3. The summed E-state index contributed by atoms with van der Waals surface area (Å²) in [6, 6.07) is 7.19. The molecule has 194 valence electrons. The first kappa shape index (κ1) is 25.9. The van der Waals surface area contributed by atoms with Gasteiger partial charge in [-0.25, -0.2) is 18.7 Å². The molecule has 0 bridgehead atoms. The molecule has 0 saturated heterocycles. The average molecular weight is 518 g/mol. The highest BCUT2D eigenvalue weighted by Crippen LogP contribution is 2.38. The Balaban J connectivity index is 1.63. The van der Waals surface area contributed by atoms with Crippen LogP contribution in [0.4, 0.5) is 39.5 Å². The lowest BCUT2D eigenvalue weighted by atomic mass is 10.00. The third kappa shape index (κ3) is 5.17. The first-order valence-corrected chi connectivity index (χ1v) is 10.9. The minimum Gasteiger partial charge on any atom is -0.387 e. The number of aromatic nitrogens is 3. The first-order chi connectivity index (χ1) is 17.5. The maximum Gasteiger partial charge on any atom is 0.416 e. The van der Waals surface area contributed by atoms with Crippen molar-refractivity contribution in [1.82, 2.24) is 14.6 Å². The SMILES string of the molecule is COCc1c(-c2ccc(NC(=O)Nc3cc(C(F)(F)F)ccc3F)cc2)c2c(N)ncnn2c1C(C)O. The number of nitrogen functional groups attached to an aromatic ring is 1. The fourth-order valence-electron chi connectivity index (χ4n) is 4.02. The number of halogens is 4. The molecule has 1 unspecified atom stereocenters. The number of nitrogens with one attached hydrogen (secondary N) is 2. The Morgan fingerprint density at radius 2 is 1.89 bits per heavy atom. The number of nitrogens with two attached hydrogens (primary N) is 1. The predicted octanol–water partition coefficient (Wildman–Crippen LogP) is 4.98. The van der Waals surface area contributed by atoms with E-state index in [0.717, 1.165) is 0 Å². The maximum absolute atomic E-state index is 14.0. The standard InChI is InChI=1S/C24H22F4N6O3/c1-12(35)20-16(10-37-2)19(21-22(29)30-11-31-34(20)21)13-3-6-15(7-4-13)32-23(36)33-18-9-14(24(26,27)28)5-8-17(18)25/h3-9,11-12,35H,10H2,1-2H3,(H2,29,30,31)(H2,32,33,36). The van der Waals surface area contributed by atoms with Gasteiger partial charge in [-0.05, 0) is 42.8 Å². The van der Waals surface area contributed by atoms with Crippen LogP contribution in [0.2, 0.25) is 0 Å². The number of anilines is 3. The summed E-state index contributed by atoms with van der Waals surface area (Å²) in [7, 11) is 1.51. The second kappa shape index (κ2) is 10.0. The zero-order valence-electron chi connectivity index (χ0n) is 19.6. The molecule has 0 saturated carbocycles. The number of fused-ring (bicyclic) bond motifs is 1. The molecule has 0 aliphatic carbocycles. The van der Waals surface area contributed by atoms with E-state index < -0.39 is 35.4 Å². The van der Waals surface area contributed by atoms with Crippen LogP contribution in [0.25, 0.3) is 16.6 Å². The normalized spacial score (nSPS) is 12.5. The summed E-state index contributed by atoms with van der Waals surface area (Å²) < 4.78 is 59.5. The minimum atomic E-state index is -4.69. The zero-order valence-corrected chi connectivity index (χ0v) is 19.6. The van der Waals surface area contributed by atoms with Crippen LogP contribution in [0.3, 0.4) is 0 Å². The number of alkyl halides is 3. The Morgan fingerprint density at radius 3 is 2.51 bits per heavy atom. The number of methoxy groups -OCH3 is 1. The van der Waals surface area contributed by atoms with Gasteiger partial charge >= 0.3 is 12.2 Å². The summed E-state index contributed by atoms with van der Waals surface area (Å²) in [5.74, 6) is -0.836. The maximum atomic E-state index is 14.0. The van der Waals surface area contributed by atoms with Crippen LogP contribution in [-0.2, 0) is 17.5 Å². The zero-order chi connectivity index (χ0) is 26.9. The van der Waals surface area contributed by atoms with E-state index in [-0.39, 0.29) is 18.1 Å². The largest absolute Gasteiger partial charge is 0.416 e. The van der Waals surface area contributed by atoms with E-state index in [4.69, 9.17) is 10.5 Å². The Morgan fingerprint density at radius 1 is 1.19 bits per heavy atom. The predicted molar refractivity (Wildman–Crippen MR) is 128 cm³/mol. The Hall–Kier alpha value is -4.23. The molecule has 37 heavy (non-hydrogen) atoms. The number of aliphatic hydroxyl groups excluding tert-OH is 1. The Kier molecular flexibility index (Phi) is 7.01. The lowest BCUT2D eigenvalue weighted by molar-refractivity contribution is -0.137. The summed E-state index contributed by atoms with van der Waals surface area (Å²) in [5.41, 5.74) is 7.55. The van der Waals surface area contributed by atoms with Crippen LogP contribution < -0.4 is 16.4 Å². The van der Waals surface area contributed by atoms with E-state index in [1.807, 2.05) is 0 Å². The van der Waals surface area contributed by atoms with Crippen molar-refractivity contribution >= 4 is 28.7 Å². The number of hydrogen-bond acceptors (Lipinski definition) is 6. The van der Waals surface area contributed by atoms with Crippen molar-refractivity contribution in [3.8, 4) is 11.1 Å². The summed E-state index contributed by atoms with van der Waals surface area (Å²) in [5, 5.41) is 19.2.